The van der Waals surface area contributed by atoms with Crippen molar-refractivity contribution in [1.82, 2.24) is 5.32 Å². The van der Waals surface area contributed by atoms with Gasteiger partial charge < -0.3 is 5.73 Å². The Kier molecular flexibility index (Phi) is 4.18. The van der Waals surface area contributed by atoms with Gasteiger partial charge in [-0.1, -0.05) is 6.07 Å². The first kappa shape index (κ1) is 14.3. The number of halogens is 4. The van der Waals surface area contributed by atoms with Crippen molar-refractivity contribution in [2.45, 2.75) is 13.1 Å². The molecule has 0 radical (unpaired) electrons. The molecule has 1 rings (SSSR count). The SMILES string of the molecule is Cc1ccc(C(=O)NC(N)=NCl)cc1C(F)(F)F. The molecule has 8 heteroatoms. The van der Waals surface area contributed by atoms with Crippen molar-refractivity contribution < 1.29 is 18.0 Å². The molecular formula is C10H9ClF3N3O. The van der Waals surface area contributed by atoms with E-state index in [4.69, 9.17) is 17.5 Å². The van der Waals surface area contributed by atoms with E-state index < -0.39 is 23.6 Å². The molecule has 1 aromatic rings. The van der Waals surface area contributed by atoms with Gasteiger partial charge in [0.05, 0.1) is 5.56 Å². The van der Waals surface area contributed by atoms with E-state index in [1.165, 1.54) is 19.1 Å². The fourth-order valence-corrected chi connectivity index (χ4v) is 1.32. The summed E-state index contributed by atoms with van der Waals surface area (Å²) in [4.78, 5) is 11.5. The van der Waals surface area contributed by atoms with Gasteiger partial charge in [-0.25, -0.2) is 0 Å². The van der Waals surface area contributed by atoms with Crippen LogP contribution in [0.3, 0.4) is 0 Å². The zero-order chi connectivity index (χ0) is 13.9. The highest BCUT2D eigenvalue weighted by atomic mass is 35.5. The molecule has 0 bridgehead atoms. The summed E-state index contributed by atoms with van der Waals surface area (Å²) in [6, 6.07) is 3.19. The lowest BCUT2D eigenvalue weighted by Gasteiger charge is -2.11. The van der Waals surface area contributed by atoms with E-state index in [0.29, 0.717) is 0 Å². The Bertz CT molecular complexity index is 500. The maximum atomic E-state index is 12.6. The molecule has 0 atom stereocenters. The molecule has 3 N–H and O–H groups in total. The second-order valence-electron chi connectivity index (χ2n) is 3.45. The maximum Gasteiger partial charge on any atom is 0.416 e. The third-order valence-corrected chi connectivity index (χ3v) is 2.32. The van der Waals surface area contributed by atoms with Gasteiger partial charge in [0.1, 0.15) is 0 Å². The molecule has 0 fully saturated rings. The largest absolute Gasteiger partial charge is 0.416 e. The highest BCUT2D eigenvalue weighted by Crippen LogP contribution is 2.32. The van der Waals surface area contributed by atoms with Crippen LogP contribution in [0.5, 0.6) is 0 Å². The summed E-state index contributed by atoms with van der Waals surface area (Å²) in [7, 11) is 0. The van der Waals surface area contributed by atoms with Crippen LogP contribution in [-0.4, -0.2) is 11.9 Å². The van der Waals surface area contributed by atoms with Crippen LogP contribution in [0.4, 0.5) is 13.2 Å². The Morgan fingerprint density at radius 3 is 2.56 bits per heavy atom. The molecule has 0 saturated carbocycles. The van der Waals surface area contributed by atoms with Crippen LogP contribution in [0.15, 0.2) is 22.7 Å². The first-order valence-corrected chi connectivity index (χ1v) is 5.03. The van der Waals surface area contributed by atoms with Crippen molar-refractivity contribution in [2.24, 2.45) is 10.2 Å². The predicted octanol–water partition coefficient (Wildman–Crippen LogP) is 2.21. The summed E-state index contributed by atoms with van der Waals surface area (Å²) in [6.45, 7) is 1.30. The van der Waals surface area contributed by atoms with Gasteiger partial charge in [-0.05, 0) is 24.6 Å². The summed E-state index contributed by atoms with van der Waals surface area (Å²) in [5.74, 6) is -1.21. The van der Waals surface area contributed by atoms with Gasteiger partial charge in [0.25, 0.3) is 5.91 Å². The molecular weight excluding hydrogens is 271 g/mol. The average Bonchev–Trinajstić information content (AvgIpc) is 2.27. The molecule has 98 valence electrons. The minimum atomic E-state index is -4.52. The number of aryl methyl sites for hydroxylation is 1. The predicted molar refractivity (Wildman–Crippen MR) is 61.1 cm³/mol. The number of nitrogens with one attached hydrogen (secondary N) is 1. The van der Waals surface area contributed by atoms with Gasteiger partial charge in [0, 0.05) is 17.3 Å². The van der Waals surface area contributed by atoms with Crippen LogP contribution < -0.4 is 11.1 Å². The van der Waals surface area contributed by atoms with E-state index in [9.17, 15) is 18.0 Å². The smallest absolute Gasteiger partial charge is 0.369 e. The van der Waals surface area contributed by atoms with Crippen LogP contribution in [0.2, 0.25) is 0 Å². The van der Waals surface area contributed by atoms with Crippen LogP contribution in [0.25, 0.3) is 0 Å². The van der Waals surface area contributed by atoms with Gasteiger partial charge in [0.2, 0.25) is 5.96 Å². The number of benzene rings is 1. The zero-order valence-electron chi connectivity index (χ0n) is 9.18. The third kappa shape index (κ3) is 3.36. The molecule has 0 heterocycles. The molecule has 0 unspecified atom stereocenters. The minimum absolute atomic E-state index is 0.0260. The maximum absolute atomic E-state index is 12.6. The van der Waals surface area contributed by atoms with Crippen LogP contribution in [-0.2, 0) is 6.18 Å². The van der Waals surface area contributed by atoms with Crippen molar-refractivity contribution in [3.63, 3.8) is 0 Å². The molecule has 0 aliphatic carbocycles. The first-order chi connectivity index (χ1) is 8.25. The van der Waals surface area contributed by atoms with Crippen LogP contribution in [0.1, 0.15) is 21.5 Å². The third-order valence-electron chi connectivity index (χ3n) is 2.14. The number of amides is 1. The highest BCUT2D eigenvalue weighted by molar-refractivity contribution is 6.21. The van der Waals surface area contributed by atoms with Gasteiger partial charge in [-0.15, -0.1) is 4.51 Å². The number of carbonyl (C=O) groups excluding carboxylic acids is 1. The molecule has 0 aliphatic rings. The van der Waals surface area contributed by atoms with E-state index in [2.05, 4.69) is 4.51 Å². The first-order valence-electron chi connectivity index (χ1n) is 4.69. The number of rotatable bonds is 1. The monoisotopic (exact) mass is 279 g/mol. The van der Waals surface area contributed by atoms with Crippen molar-refractivity contribution in [1.29, 1.82) is 0 Å². The van der Waals surface area contributed by atoms with Crippen molar-refractivity contribution in [2.75, 3.05) is 0 Å². The van der Waals surface area contributed by atoms with Crippen molar-refractivity contribution >= 4 is 23.6 Å². The number of hydrogen-bond acceptors (Lipinski definition) is 2. The normalized spacial score (nSPS) is 12.4. The summed E-state index contributed by atoms with van der Waals surface area (Å²) in [5.41, 5.74) is 4.09. The lowest BCUT2D eigenvalue weighted by atomic mass is 10.0. The summed E-state index contributed by atoms with van der Waals surface area (Å²) >= 11 is 4.98. The van der Waals surface area contributed by atoms with E-state index >= 15 is 0 Å². The lowest BCUT2D eigenvalue weighted by Crippen LogP contribution is -2.36. The standard InChI is InChI=1S/C10H9ClF3N3O/c1-5-2-3-6(4-7(5)10(12,13)14)8(18)16-9(15)17-11/h2-4H,1H3,(H3,15,16,17,18). The topological polar surface area (TPSA) is 67.5 Å². The van der Waals surface area contributed by atoms with Crippen molar-refractivity contribution in [3.05, 3.63) is 34.9 Å². The van der Waals surface area contributed by atoms with Gasteiger partial charge in [-0.3, -0.25) is 10.1 Å². The second-order valence-corrected chi connectivity index (χ2v) is 3.62. The summed E-state index contributed by atoms with van der Waals surface area (Å²) in [6.07, 6.45) is -4.52. The molecule has 18 heavy (non-hydrogen) atoms. The average molecular weight is 280 g/mol. The Balaban J connectivity index is 3.09. The van der Waals surface area contributed by atoms with E-state index in [1.807, 2.05) is 5.32 Å². The van der Waals surface area contributed by atoms with Crippen LogP contribution >= 0.6 is 11.8 Å². The molecule has 0 spiro atoms. The number of hydrogen-bond donors (Lipinski definition) is 2. The van der Waals surface area contributed by atoms with E-state index in [1.54, 1.807) is 0 Å². The number of guanidine groups is 1. The summed E-state index contributed by atoms with van der Waals surface area (Å²) in [5, 5.41) is 2.03. The van der Waals surface area contributed by atoms with Gasteiger partial charge in [-0.2, -0.15) is 13.2 Å². The molecule has 0 aliphatic heterocycles. The highest BCUT2D eigenvalue weighted by Gasteiger charge is 2.32. The molecule has 1 amide bonds. The van der Waals surface area contributed by atoms with Gasteiger partial charge >= 0.3 is 6.18 Å². The minimum Gasteiger partial charge on any atom is -0.369 e. The van der Waals surface area contributed by atoms with Gasteiger partial charge in [0.15, 0.2) is 0 Å². The number of nitrogens with zero attached hydrogens (tertiary/aromatic N) is 1. The molecule has 0 saturated heterocycles. The quantitative estimate of drug-likeness (QED) is 0.611. The molecule has 1 aromatic carbocycles. The Hall–Kier alpha value is -1.76. The fourth-order valence-electron chi connectivity index (χ4n) is 1.28. The van der Waals surface area contributed by atoms with E-state index in [0.717, 1.165) is 6.07 Å². The fraction of sp³-hybridized carbons (Fsp3) is 0.200. The number of carbonyl (C=O) groups is 1. The second kappa shape index (κ2) is 5.26. The summed E-state index contributed by atoms with van der Waals surface area (Å²) < 4.78 is 40.8. The van der Waals surface area contributed by atoms with Crippen molar-refractivity contribution in [3.8, 4) is 0 Å². The molecule has 4 nitrogen and oxygen atoms in total. The Morgan fingerprint density at radius 1 is 1.44 bits per heavy atom. The molecule has 0 aromatic heterocycles. The van der Waals surface area contributed by atoms with E-state index in [-0.39, 0.29) is 11.1 Å². The Labute approximate surface area is 106 Å². The zero-order valence-corrected chi connectivity index (χ0v) is 9.93. The number of alkyl halides is 3. The Morgan fingerprint density at radius 2 is 2.06 bits per heavy atom. The van der Waals surface area contributed by atoms with Crippen LogP contribution in [0, 0.1) is 6.92 Å². The lowest BCUT2D eigenvalue weighted by molar-refractivity contribution is -0.138. The number of nitrogens with two attached hydrogens (primary N) is 1.